The van der Waals surface area contributed by atoms with Crippen molar-refractivity contribution >= 4 is 5.97 Å². The second-order valence-electron chi connectivity index (χ2n) is 5.49. The lowest BCUT2D eigenvalue weighted by Gasteiger charge is -2.30. The van der Waals surface area contributed by atoms with E-state index in [2.05, 4.69) is 10.00 Å². The second-order valence-corrected chi connectivity index (χ2v) is 5.49. The molecule has 2 aliphatic rings. The van der Waals surface area contributed by atoms with Gasteiger partial charge in [0.1, 0.15) is 12.1 Å². The lowest BCUT2D eigenvalue weighted by molar-refractivity contribution is -0.145. The van der Waals surface area contributed by atoms with E-state index in [1.165, 1.54) is 4.68 Å². The van der Waals surface area contributed by atoms with Crippen LogP contribution in [0.25, 0.3) is 0 Å². The Labute approximate surface area is 117 Å². The van der Waals surface area contributed by atoms with Gasteiger partial charge in [-0.25, -0.2) is 4.68 Å². The largest absolute Gasteiger partial charge is 0.461 e. The highest BCUT2D eigenvalue weighted by atomic mass is 16.6. The molecule has 0 radical (unpaired) electrons. The van der Waals surface area contributed by atoms with E-state index in [4.69, 9.17) is 4.74 Å². The molecule has 1 saturated heterocycles. The molecule has 2 atom stereocenters. The zero-order chi connectivity index (χ0) is 14.3. The smallest absolute Gasteiger partial charge is 0.323 e. The zero-order valence-corrected chi connectivity index (χ0v) is 11.8. The SMILES string of the molecule is CCn1nc2c(cc1=O)CN([C@@H]1C[C@H](C)OC1=O)CC2. The van der Waals surface area contributed by atoms with Gasteiger partial charge in [0.05, 0.1) is 5.69 Å². The third-order valence-electron chi connectivity index (χ3n) is 4.06. The molecule has 20 heavy (non-hydrogen) atoms. The van der Waals surface area contributed by atoms with Crippen LogP contribution < -0.4 is 5.56 Å². The van der Waals surface area contributed by atoms with E-state index in [9.17, 15) is 9.59 Å². The number of hydrogen-bond acceptors (Lipinski definition) is 5. The summed E-state index contributed by atoms with van der Waals surface area (Å²) in [5.41, 5.74) is 1.84. The third kappa shape index (κ3) is 2.24. The Bertz CT molecular complexity index is 596. The second kappa shape index (κ2) is 5.01. The van der Waals surface area contributed by atoms with Gasteiger partial charge in [-0.2, -0.15) is 5.10 Å². The average molecular weight is 277 g/mol. The molecule has 0 spiro atoms. The van der Waals surface area contributed by atoms with E-state index in [1.54, 1.807) is 6.07 Å². The van der Waals surface area contributed by atoms with Crippen molar-refractivity contribution < 1.29 is 9.53 Å². The quantitative estimate of drug-likeness (QED) is 0.729. The van der Waals surface area contributed by atoms with Crippen molar-refractivity contribution in [1.29, 1.82) is 0 Å². The molecule has 1 aromatic heterocycles. The number of carbonyl (C=O) groups is 1. The number of ether oxygens (including phenoxy) is 1. The van der Waals surface area contributed by atoms with E-state index in [-0.39, 0.29) is 23.7 Å². The average Bonchev–Trinajstić information content (AvgIpc) is 2.76. The highest BCUT2D eigenvalue weighted by Crippen LogP contribution is 2.25. The van der Waals surface area contributed by atoms with Crippen molar-refractivity contribution in [3.8, 4) is 0 Å². The van der Waals surface area contributed by atoms with Crippen molar-refractivity contribution in [1.82, 2.24) is 14.7 Å². The highest BCUT2D eigenvalue weighted by Gasteiger charge is 2.37. The first kappa shape index (κ1) is 13.3. The first-order valence-electron chi connectivity index (χ1n) is 7.13. The molecule has 0 saturated carbocycles. The van der Waals surface area contributed by atoms with Crippen LogP contribution in [0.5, 0.6) is 0 Å². The molecule has 2 aliphatic heterocycles. The summed E-state index contributed by atoms with van der Waals surface area (Å²) >= 11 is 0. The van der Waals surface area contributed by atoms with Crippen molar-refractivity contribution in [3.05, 3.63) is 27.7 Å². The van der Waals surface area contributed by atoms with E-state index in [0.717, 1.165) is 30.6 Å². The van der Waals surface area contributed by atoms with Crippen LogP contribution >= 0.6 is 0 Å². The maximum Gasteiger partial charge on any atom is 0.323 e. The number of fused-ring (bicyclic) bond motifs is 1. The summed E-state index contributed by atoms with van der Waals surface area (Å²) in [5, 5.41) is 4.39. The van der Waals surface area contributed by atoms with Crippen molar-refractivity contribution in [2.75, 3.05) is 6.54 Å². The molecule has 1 fully saturated rings. The van der Waals surface area contributed by atoms with Crippen LogP contribution in [0.4, 0.5) is 0 Å². The monoisotopic (exact) mass is 277 g/mol. The lowest BCUT2D eigenvalue weighted by atomic mass is 10.0. The maximum atomic E-state index is 11.9. The Hall–Kier alpha value is -1.69. The van der Waals surface area contributed by atoms with Crippen molar-refractivity contribution in [2.45, 2.75) is 51.9 Å². The fourth-order valence-electron chi connectivity index (χ4n) is 2.99. The van der Waals surface area contributed by atoms with Crippen LogP contribution in [-0.2, 0) is 29.0 Å². The molecule has 0 unspecified atom stereocenters. The number of esters is 1. The van der Waals surface area contributed by atoms with Crippen molar-refractivity contribution in [3.63, 3.8) is 0 Å². The molecular weight excluding hydrogens is 258 g/mol. The molecule has 0 aromatic carbocycles. The first-order chi connectivity index (χ1) is 9.58. The Morgan fingerprint density at radius 3 is 2.90 bits per heavy atom. The molecule has 6 heteroatoms. The van der Waals surface area contributed by atoms with Gasteiger partial charge in [-0.05, 0) is 19.4 Å². The topological polar surface area (TPSA) is 64.4 Å². The summed E-state index contributed by atoms with van der Waals surface area (Å²) in [4.78, 5) is 25.8. The highest BCUT2D eigenvalue weighted by molar-refractivity contribution is 5.78. The van der Waals surface area contributed by atoms with Gasteiger partial charge in [-0.15, -0.1) is 0 Å². The lowest BCUT2D eigenvalue weighted by Crippen LogP contribution is -2.43. The van der Waals surface area contributed by atoms with E-state index < -0.39 is 0 Å². The third-order valence-corrected chi connectivity index (χ3v) is 4.06. The first-order valence-corrected chi connectivity index (χ1v) is 7.13. The van der Waals surface area contributed by atoms with Gasteiger partial charge in [0.2, 0.25) is 0 Å². The Kier molecular flexibility index (Phi) is 3.33. The molecular formula is C14H19N3O3. The minimum absolute atomic E-state index is 0.0138. The molecule has 6 nitrogen and oxygen atoms in total. The van der Waals surface area contributed by atoms with Gasteiger partial charge in [0.25, 0.3) is 5.56 Å². The number of nitrogens with zero attached hydrogens (tertiary/aromatic N) is 3. The summed E-state index contributed by atoms with van der Waals surface area (Å²) in [6.45, 7) is 5.80. The number of aromatic nitrogens is 2. The van der Waals surface area contributed by atoms with Gasteiger partial charge in [0.15, 0.2) is 0 Å². The number of aryl methyl sites for hydroxylation is 1. The summed E-state index contributed by atoms with van der Waals surface area (Å²) in [5.74, 6) is -0.143. The van der Waals surface area contributed by atoms with E-state index in [0.29, 0.717) is 13.1 Å². The molecule has 0 amide bonds. The van der Waals surface area contributed by atoms with Gasteiger partial charge in [0, 0.05) is 38.5 Å². The summed E-state index contributed by atoms with van der Waals surface area (Å²) in [6, 6.07) is 1.48. The molecule has 108 valence electrons. The Morgan fingerprint density at radius 1 is 1.45 bits per heavy atom. The summed E-state index contributed by atoms with van der Waals surface area (Å²) in [6.07, 6.45) is 1.49. The normalized spacial score (nSPS) is 26.4. The minimum Gasteiger partial charge on any atom is -0.461 e. The fraction of sp³-hybridized carbons (Fsp3) is 0.643. The standard InChI is InChI=1S/C14H19N3O3/c1-3-17-13(18)7-10-8-16(5-4-11(10)15-17)12-6-9(2)20-14(12)19/h7,9,12H,3-6,8H2,1-2H3/t9-,12+/m0/s1. The van der Waals surface area contributed by atoms with E-state index >= 15 is 0 Å². The predicted octanol–water partition coefficient (Wildman–Crippen LogP) is 0.325. The van der Waals surface area contributed by atoms with Crippen LogP contribution in [0.3, 0.4) is 0 Å². The molecule has 1 aromatic rings. The number of rotatable bonds is 2. The predicted molar refractivity (Wildman–Crippen MR) is 72.2 cm³/mol. The zero-order valence-electron chi connectivity index (χ0n) is 11.8. The van der Waals surface area contributed by atoms with Crippen LogP contribution in [0.1, 0.15) is 31.5 Å². The number of carbonyl (C=O) groups excluding carboxylic acids is 1. The fourth-order valence-corrected chi connectivity index (χ4v) is 2.99. The summed E-state index contributed by atoms with van der Waals surface area (Å²) < 4.78 is 6.70. The minimum atomic E-state index is -0.174. The molecule has 0 bridgehead atoms. The van der Waals surface area contributed by atoms with Crippen LogP contribution in [0.2, 0.25) is 0 Å². The Balaban J connectivity index is 1.84. The molecule has 0 N–H and O–H groups in total. The maximum absolute atomic E-state index is 11.9. The molecule has 0 aliphatic carbocycles. The Morgan fingerprint density at radius 2 is 2.25 bits per heavy atom. The van der Waals surface area contributed by atoms with Gasteiger partial charge < -0.3 is 4.74 Å². The molecule has 3 rings (SSSR count). The van der Waals surface area contributed by atoms with Gasteiger partial charge in [-0.1, -0.05) is 0 Å². The summed E-state index contributed by atoms with van der Waals surface area (Å²) in [7, 11) is 0. The van der Waals surface area contributed by atoms with Crippen LogP contribution in [0, 0.1) is 0 Å². The van der Waals surface area contributed by atoms with Gasteiger partial charge in [-0.3, -0.25) is 14.5 Å². The number of cyclic esters (lactones) is 1. The van der Waals surface area contributed by atoms with Crippen LogP contribution in [0.15, 0.2) is 10.9 Å². The van der Waals surface area contributed by atoms with E-state index in [1.807, 2.05) is 13.8 Å². The van der Waals surface area contributed by atoms with Crippen LogP contribution in [-0.4, -0.2) is 39.3 Å². The van der Waals surface area contributed by atoms with Crippen molar-refractivity contribution in [2.24, 2.45) is 0 Å². The molecule has 3 heterocycles. The number of hydrogen-bond donors (Lipinski definition) is 0. The van der Waals surface area contributed by atoms with Gasteiger partial charge >= 0.3 is 5.97 Å².